The lowest BCUT2D eigenvalue weighted by atomic mass is 9.98. The van der Waals surface area contributed by atoms with Crippen LogP contribution in [0.1, 0.15) is 16.7 Å². The molecule has 6 nitrogen and oxygen atoms in total. The molecule has 40 heavy (non-hydrogen) atoms. The average molecular weight is 614 g/mol. The molecule has 1 aromatic heterocycles. The van der Waals surface area contributed by atoms with Crippen molar-refractivity contribution in [2.24, 2.45) is 0 Å². The number of H-pyrrole nitrogens is 1. The molecule has 0 saturated heterocycles. The highest BCUT2D eigenvalue weighted by Crippen LogP contribution is 2.49. The molecule has 4 rings (SSSR count). The Morgan fingerprint density at radius 2 is 1.40 bits per heavy atom. The molecule has 4 aromatic rings. The molecule has 1 heterocycles. The van der Waals surface area contributed by atoms with Gasteiger partial charge in [-0.25, -0.2) is 13.2 Å². The third kappa shape index (κ3) is 5.30. The van der Waals surface area contributed by atoms with Crippen molar-refractivity contribution in [3.8, 4) is 11.5 Å². The zero-order valence-corrected chi connectivity index (χ0v) is 20.7. The van der Waals surface area contributed by atoms with E-state index in [1.165, 1.54) is 24.3 Å². The van der Waals surface area contributed by atoms with Gasteiger partial charge in [0, 0.05) is 27.7 Å². The normalized spacial score (nSPS) is 13.0. The number of carbonyl (C=O) groups is 1. The summed E-state index contributed by atoms with van der Waals surface area (Å²) >= 11 is 5.77. The summed E-state index contributed by atoms with van der Waals surface area (Å²) in [6, 6.07) is 6.88. The molecule has 0 aliphatic carbocycles. The summed E-state index contributed by atoms with van der Waals surface area (Å²) in [5, 5.41) is 8.70. The molecule has 0 amide bonds. The van der Waals surface area contributed by atoms with Gasteiger partial charge in [-0.1, -0.05) is 11.6 Å². The number of fused-ring (bicyclic) bond motifs is 1. The first kappa shape index (κ1) is 29.1. The quantitative estimate of drug-likeness (QED) is 0.218. The Hall–Kier alpha value is -3.85. The number of carboxylic acids is 1. The first-order chi connectivity index (χ1) is 18.3. The van der Waals surface area contributed by atoms with E-state index in [2.05, 4.69) is 4.98 Å². The van der Waals surface area contributed by atoms with Crippen molar-refractivity contribution >= 4 is 38.3 Å². The van der Waals surface area contributed by atoms with Crippen LogP contribution in [0.25, 0.3) is 10.9 Å². The smallest absolute Gasteiger partial charge is 0.420 e. The lowest BCUT2D eigenvalue weighted by Crippen LogP contribution is -2.27. The summed E-state index contributed by atoms with van der Waals surface area (Å²) in [6.45, 7) is 0. The molecule has 0 bridgehead atoms. The molecule has 16 heteroatoms. The van der Waals surface area contributed by atoms with Crippen LogP contribution in [0, 0.1) is 0 Å². The van der Waals surface area contributed by atoms with Crippen LogP contribution in [0.2, 0.25) is 5.02 Å². The van der Waals surface area contributed by atoms with Crippen molar-refractivity contribution in [3.05, 3.63) is 82.5 Å². The molecule has 2 N–H and O–H groups in total. The van der Waals surface area contributed by atoms with Crippen molar-refractivity contribution in [1.82, 2.24) is 4.98 Å². The number of hydrogen-bond acceptors (Lipinski definition) is 4. The van der Waals surface area contributed by atoms with Gasteiger partial charge in [-0.15, -0.1) is 0 Å². The number of carboxylic acid groups (broad SMARTS) is 1. The summed E-state index contributed by atoms with van der Waals surface area (Å²) in [5.74, 6) is -10.7. The van der Waals surface area contributed by atoms with Crippen LogP contribution in [-0.2, 0) is 32.9 Å². The van der Waals surface area contributed by atoms with E-state index >= 15 is 0 Å². The SMILES string of the molecule is O=C(O)C(F)(F)c1cc(C(F)(F)F)c(Oc2ccc3[nH]cc(S(=O)(=O)c4ccc(Cl)cc4)c3c2)c(C(F)(F)F)c1. The van der Waals surface area contributed by atoms with Crippen LogP contribution >= 0.6 is 11.6 Å². The van der Waals surface area contributed by atoms with Crippen molar-refractivity contribution < 1.29 is 58.2 Å². The molecule has 0 aliphatic heterocycles. The second-order valence-corrected chi connectivity index (χ2v) is 10.5. The summed E-state index contributed by atoms with van der Waals surface area (Å²) in [7, 11) is -4.27. The topological polar surface area (TPSA) is 96.5 Å². The molecule has 0 aliphatic rings. The number of alkyl halides is 8. The number of aliphatic carboxylic acids is 1. The Balaban J connectivity index is 1.91. The van der Waals surface area contributed by atoms with E-state index in [9.17, 15) is 48.3 Å². The maximum Gasteiger partial charge on any atom is 0.420 e. The van der Waals surface area contributed by atoms with Gasteiger partial charge in [0.05, 0.1) is 20.9 Å². The van der Waals surface area contributed by atoms with E-state index in [1.807, 2.05) is 0 Å². The van der Waals surface area contributed by atoms with Crippen molar-refractivity contribution in [2.45, 2.75) is 28.1 Å². The first-order valence-corrected chi connectivity index (χ1v) is 12.4. The Labute approximate surface area is 223 Å². The van der Waals surface area contributed by atoms with E-state index in [0.717, 1.165) is 24.4 Å². The number of rotatable bonds is 6. The van der Waals surface area contributed by atoms with Gasteiger partial charge in [0.25, 0.3) is 0 Å². The zero-order valence-electron chi connectivity index (χ0n) is 19.2. The van der Waals surface area contributed by atoms with Crippen LogP contribution in [-0.4, -0.2) is 24.5 Å². The van der Waals surface area contributed by atoms with Crippen molar-refractivity contribution in [1.29, 1.82) is 0 Å². The molecular weight excluding hydrogens is 602 g/mol. The number of aromatic amines is 1. The van der Waals surface area contributed by atoms with Gasteiger partial charge in [-0.05, 0) is 54.6 Å². The van der Waals surface area contributed by atoms with E-state index in [0.29, 0.717) is 0 Å². The fraction of sp³-hybridized carbons (Fsp3) is 0.125. The van der Waals surface area contributed by atoms with Crippen molar-refractivity contribution in [3.63, 3.8) is 0 Å². The predicted molar refractivity (Wildman–Crippen MR) is 123 cm³/mol. The van der Waals surface area contributed by atoms with Gasteiger partial charge < -0.3 is 14.8 Å². The van der Waals surface area contributed by atoms with E-state index < -0.39 is 79.3 Å². The first-order valence-electron chi connectivity index (χ1n) is 10.6. The van der Waals surface area contributed by atoms with Crippen LogP contribution in [0.3, 0.4) is 0 Å². The van der Waals surface area contributed by atoms with Crippen LogP contribution in [0.5, 0.6) is 11.5 Å². The van der Waals surface area contributed by atoms with Crippen LogP contribution < -0.4 is 4.74 Å². The number of aromatic nitrogens is 1. The highest BCUT2D eigenvalue weighted by atomic mass is 35.5. The summed E-state index contributed by atoms with van der Waals surface area (Å²) < 4.78 is 142. The van der Waals surface area contributed by atoms with Gasteiger partial charge in [0.2, 0.25) is 9.84 Å². The third-order valence-corrected chi connectivity index (χ3v) is 7.64. The summed E-state index contributed by atoms with van der Waals surface area (Å²) in [5.41, 5.74) is -6.63. The molecule has 0 radical (unpaired) electrons. The monoisotopic (exact) mass is 613 g/mol. The van der Waals surface area contributed by atoms with Gasteiger partial charge in [-0.2, -0.15) is 35.1 Å². The minimum Gasteiger partial charge on any atom is -0.477 e. The van der Waals surface area contributed by atoms with Gasteiger partial charge >= 0.3 is 24.2 Å². The van der Waals surface area contributed by atoms with Crippen molar-refractivity contribution in [2.75, 3.05) is 0 Å². The van der Waals surface area contributed by atoms with Crippen LogP contribution in [0.4, 0.5) is 35.1 Å². The second-order valence-electron chi connectivity index (χ2n) is 8.20. The Kier molecular flexibility index (Phi) is 7.04. The van der Waals surface area contributed by atoms with E-state index in [1.54, 1.807) is 0 Å². The number of benzene rings is 3. The average Bonchev–Trinajstić information content (AvgIpc) is 3.27. The van der Waals surface area contributed by atoms with Gasteiger partial charge in [0.1, 0.15) is 5.75 Å². The highest BCUT2D eigenvalue weighted by Gasteiger charge is 2.48. The maximum absolute atomic E-state index is 14.0. The van der Waals surface area contributed by atoms with Gasteiger partial charge in [-0.3, -0.25) is 0 Å². The summed E-state index contributed by atoms with van der Waals surface area (Å²) in [4.78, 5) is 12.8. The molecule has 0 atom stereocenters. The van der Waals surface area contributed by atoms with Gasteiger partial charge in [0.15, 0.2) is 5.75 Å². The van der Waals surface area contributed by atoms with E-state index in [4.69, 9.17) is 21.4 Å². The lowest BCUT2D eigenvalue weighted by molar-refractivity contribution is -0.167. The minimum atomic E-state index is -5.71. The molecule has 0 fully saturated rings. The second kappa shape index (κ2) is 9.66. The summed E-state index contributed by atoms with van der Waals surface area (Å²) in [6.07, 6.45) is -10.4. The third-order valence-electron chi connectivity index (χ3n) is 5.58. The molecule has 0 spiro atoms. The number of halogens is 9. The fourth-order valence-electron chi connectivity index (χ4n) is 3.68. The molecule has 3 aromatic carbocycles. The molecular formula is C24H12ClF8NO5S. The number of ether oxygens (including phenoxy) is 1. The Morgan fingerprint density at radius 3 is 1.90 bits per heavy atom. The molecule has 0 saturated carbocycles. The standard InChI is InChI=1S/C24H12ClF8NO5S/c25-12-1-4-14(5-2-12)40(37,38)19-10-34-18-6-3-13(9-15(18)19)39-20-16(23(28,29)30)7-11(22(26,27)21(35)36)8-17(20)24(31,32)33/h1-10,34H,(H,35,36). The molecule has 0 unspecified atom stereocenters. The fourth-order valence-corrected chi connectivity index (χ4v) is 5.23. The highest BCUT2D eigenvalue weighted by molar-refractivity contribution is 7.91. The number of nitrogens with one attached hydrogen (secondary N) is 1. The largest absolute Gasteiger partial charge is 0.477 e. The Bertz CT molecular complexity index is 1690. The number of hydrogen-bond donors (Lipinski definition) is 2. The van der Waals surface area contributed by atoms with Crippen LogP contribution in [0.15, 0.2) is 70.6 Å². The molecule has 212 valence electrons. The van der Waals surface area contributed by atoms with E-state index in [-0.39, 0.29) is 20.8 Å². The maximum atomic E-state index is 14.0. The predicted octanol–water partition coefficient (Wildman–Crippen LogP) is 7.66. The zero-order chi connectivity index (χ0) is 29.8. The Morgan fingerprint density at radius 1 is 0.850 bits per heavy atom. The lowest BCUT2D eigenvalue weighted by Gasteiger charge is -2.22. The minimum absolute atomic E-state index is 0.114. The number of sulfone groups is 1.